The first-order chi connectivity index (χ1) is 9.44. The predicted molar refractivity (Wildman–Crippen MR) is 82.3 cm³/mol. The third-order valence-electron chi connectivity index (χ3n) is 3.42. The van der Waals surface area contributed by atoms with Crippen LogP contribution in [0.2, 0.25) is 0 Å². The van der Waals surface area contributed by atoms with Crippen LogP contribution in [-0.4, -0.2) is 20.6 Å². The smallest absolute Gasteiger partial charge is 0.268 e. The minimum atomic E-state index is -3.74. The predicted octanol–water partition coefficient (Wildman–Crippen LogP) is 3.22. The summed E-state index contributed by atoms with van der Waals surface area (Å²) in [5.41, 5.74) is 1.87. The van der Waals surface area contributed by atoms with Crippen LogP contribution in [0.1, 0.15) is 16.0 Å². The van der Waals surface area contributed by atoms with Gasteiger partial charge in [0.25, 0.3) is 10.0 Å². The highest BCUT2D eigenvalue weighted by Gasteiger charge is 2.37. The average molecular weight is 307 g/mol. The van der Waals surface area contributed by atoms with Crippen molar-refractivity contribution in [3.63, 3.8) is 0 Å². The van der Waals surface area contributed by atoms with E-state index < -0.39 is 10.0 Å². The van der Waals surface area contributed by atoms with Crippen LogP contribution < -0.4 is 4.31 Å². The monoisotopic (exact) mass is 307 g/mol. The SMILES string of the molecule is Cc1ccccc1C1=C(O)c2sccc2N(C)S1(=O)=O. The van der Waals surface area contributed by atoms with Crippen LogP contribution >= 0.6 is 11.3 Å². The number of nitrogens with zero attached hydrogens (tertiary/aromatic N) is 1. The summed E-state index contributed by atoms with van der Waals surface area (Å²) in [6.07, 6.45) is 0. The molecule has 0 aliphatic carbocycles. The molecular weight excluding hydrogens is 294 g/mol. The Morgan fingerprint density at radius 3 is 2.60 bits per heavy atom. The Labute approximate surface area is 121 Å². The molecule has 0 unspecified atom stereocenters. The number of sulfonamides is 1. The van der Waals surface area contributed by atoms with Crippen LogP contribution in [0.25, 0.3) is 10.7 Å². The van der Waals surface area contributed by atoms with Crippen molar-refractivity contribution in [2.45, 2.75) is 6.92 Å². The Balaban J connectivity index is 2.39. The highest BCUT2D eigenvalue weighted by atomic mass is 32.2. The van der Waals surface area contributed by atoms with E-state index in [-0.39, 0.29) is 10.7 Å². The number of hydrogen-bond donors (Lipinski definition) is 1. The van der Waals surface area contributed by atoms with E-state index in [1.807, 2.05) is 19.1 Å². The highest BCUT2D eigenvalue weighted by Crippen LogP contribution is 2.44. The van der Waals surface area contributed by atoms with Crippen molar-refractivity contribution in [3.8, 4) is 0 Å². The van der Waals surface area contributed by atoms with E-state index in [0.717, 1.165) is 5.56 Å². The summed E-state index contributed by atoms with van der Waals surface area (Å²) >= 11 is 1.33. The molecule has 0 atom stereocenters. The van der Waals surface area contributed by atoms with Gasteiger partial charge in [0.2, 0.25) is 0 Å². The average Bonchev–Trinajstić information content (AvgIpc) is 2.88. The third-order valence-corrected chi connectivity index (χ3v) is 6.18. The molecule has 1 aliphatic heterocycles. The lowest BCUT2D eigenvalue weighted by molar-refractivity contribution is 0.515. The van der Waals surface area contributed by atoms with Crippen molar-refractivity contribution in [1.82, 2.24) is 0 Å². The number of thiophene rings is 1. The molecule has 0 spiro atoms. The van der Waals surface area contributed by atoms with E-state index in [9.17, 15) is 13.5 Å². The van der Waals surface area contributed by atoms with Gasteiger partial charge in [-0.3, -0.25) is 4.31 Å². The fourth-order valence-electron chi connectivity index (χ4n) is 2.31. The summed E-state index contributed by atoms with van der Waals surface area (Å²) in [6, 6.07) is 8.84. The van der Waals surface area contributed by atoms with E-state index in [0.29, 0.717) is 16.1 Å². The molecule has 0 amide bonds. The molecule has 1 N–H and O–H groups in total. The van der Waals surface area contributed by atoms with Crippen LogP contribution in [0.4, 0.5) is 5.69 Å². The minimum Gasteiger partial charge on any atom is -0.505 e. The van der Waals surface area contributed by atoms with Crippen molar-refractivity contribution >= 4 is 37.7 Å². The fourth-order valence-corrected chi connectivity index (χ4v) is 4.85. The molecule has 3 rings (SSSR count). The summed E-state index contributed by atoms with van der Waals surface area (Å²) in [7, 11) is -2.24. The molecule has 0 radical (unpaired) electrons. The van der Waals surface area contributed by atoms with Gasteiger partial charge in [0.15, 0.2) is 5.76 Å². The first kappa shape index (κ1) is 13.2. The number of aryl methyl sites for hydroxylation is 1. The lowest BCUT2D eigenvalue weighted by Crippen LogP contribution is -2.31. The van der Waals surface area contributed by atoms with Crippen LogP contribution in [0.3, 0.4) is 0 Å². The van der Waals surface area contributed by atoms with Gasteiger partial charge in [0.1, 0.15) is 4.91 Å². The second-order valence-electron chi connectivity index (χ2n) is 4.60. The summed E-state index contributed by atoms with van der Waals surface area (Å²) in [4.78, 5) is 0.564. The summed E-state index contributed by atoms with van der Waals surface area (Å²) in [5, 5.41) is 12.2. The number of aliphatic hydroxyl groups excluding tert-OH is 1. The Bertz CT molecular complexity index is 818. The van der Waals surface area contributed by atoms with Crippen LogP contribution in [0, 0.1) is 6.92 Å². The molecule has 0 fully saturated rings. The van der Waals surface area contributed by atoms with Crippen molar-refractivity contribution in [3.05, 3.63) is 51.7 Å². The molecule has 0 saturated heterocycles. The third kappa shape index (κ3) is 1.68. The molecule has 6 heteroatoms. The molecule has 1 aromatic heterocycles. The number of aliphatic hydroxyl groups is 1. The molecule has 20 heavy (non-hydrogen) atoms. The summed E-state index contributed by atoms with van der Waals surface area (Å²) in [5.74, 6) is -0.164. The zero-order valence-electron chi connectivity index (χ0n) is 11.0. The van der Waals surface area contributed by atoms with E-state index in [2.05, 4.69) is 0 Å². The summed E-state index contributed by atoms with van der Waals surface area (Å²) < 4.78 is 26.5. The first-order valence-electron chi connectivity index (χ1n) is 6.00. The van der Waals surface area contributed by atoms with Crippen LogP contribution in [0.5, 0.6) is 0 Å². The maximum absolute atomic E-state index is 12.6. The molecular formula is C14H13NO3S2. The van der Waals surface area contributed by atoms with Crippen LogP contribution in [-0.2, 0) is 10.0 Å². The Morgan fingerprint density at radius 1 is 1.20 bits per heavy atom. The molecule has 0 bridgehead atoms. The van der Waals surface area contributed by atoms with E-state index in [1.54, 1.807) is 23.6 Å². The van der Waals surface area contributed by atoms with E-state index >= 15 is 0 Å². The Morgan fingerprint density at radius 2 is 1.90 bits per heavy atom. The number of rotatable bonds is 1. The van der Waals surface area contributed by atoms with Gasteiger partial charge in [0.05, 0.1) is 10.6 Å². The quantitative estimate of drug-likeness (QED) is 0.880. The topological polar surface area (TPSA) is 57.6 Å². The molecule has 1 aromatic carbocycles. The molecule has 2 heterocycles. The zero-order chi connectivity index (χ0) is 14.5. The number of anilines is 1. The maximum Gasteiger partial charge on any atom is 0.268 e. The van der Waals surface area contributed by atoms with Gasteiger partial charge in [-0.15, -0.1) is 11.3 Å². The van der Waals surface area contributed by atoms with Crippen molar-refractivity contribution in [2.75, 3.05) is 11.4 Å². The van der Waals surface area contributed by atoms with Gasteiger partial charge >= 0.3 is 0 Å². The Kier molecular flexibility index (Phi) is 2.88. The lowest BCUT2D eigenvalue weighted by atomic mass is 10.1. The van der Waals surface area contributed by atoms with E-state index in [4.69, 9.17) is 0 Å². The van der Waals surface area contributed by atoms with Gasteiger partial charge in [-0.25, -0.2) is 8.42 Å². The van der Waals surface area contributed by atoms with Crippen LogP contribution in [0.15, 0.2) is 35.7 Å². The van der Waals surface area contributed by atoms with Gasteiger partial charge in [0, 0.05) is 12.6 Å². The number of benzene rings is 1. The lowest BCUT2D eigenvalue weighted by Gasteiger charge is -2.27. The molecule has 4 nitrogen and oxygen atoms in total. The fraction of sp³-hybridized carbons (Fsp3) is 0.143. The number of hydrogen-bond acceptors (Lipinski definition) is 4. The van der Waals surface area contributed by atoms with Gasteiger partial charge < -0.3 is 5.11 Å². The second kappa shape index (κ2) is 4.36. The zero-order valence-corrected chi connectivity index (χ0v) is 12.6. The summed E-state index contributed by atoms with van der Waals surface area (Å²) in [6.45, 7) is 1.83. The van der Waals surface area contributed by atoms with Gasteiger partial charge in [-0.1, -0.05) is 24.3 Å². The largest absolute Gasteiger partial charge is 0.505 e. The Hall–Kier alpha value is -1.79. The molecule has 104 valence electrons. The van der Waals surface area contributed by atoms with Crippen molar-refractivity contribution < 1.29 is 13.5 Å². The molecule has 0 saturated carbocycles. The van der Waals surface area contributed by atoms with Gasteiger partial charge in [-0.2, -0.15) is 0 Å². The molecule has 1 aliphatic rings. The normalized spacial score (nSPS) is 17.2. The second-order valence-corrected chi connectivity index (χ2v) is 7.42. The van der Waals surface area contributed by atoms with Crippen molar-refractivity contribution in [1.29, 1.82) is 0 Å². The standard InChI is InChI=1S/C14H13NO3S2/c1-9-5-3-4-6-10(9)14-12(16)13-11(7-8-19-13)15(2)20(14,17)18/h3-8,16H,1-2H3. The number of fused-ring (bicyclic) bond motifs is 1. The molecule has 2 aromatic rings. The highest BCUT2D eigenvalue weighted by molar-refractivity contribution is 8.02. The minimum absolute atomic E-state index is 0.0203. The van der Waals surface area contributed by atoms with Gasteiger partial charge in [-0.05, 0) is 23.9 Å². The van der Waals surface area contributed by atoms with Crippen molar-refractivity contribution in [2.24, 2.45) is 0 Å². The van der Waals surface area contributed by atoms with E-state index in [1.165, 1.54) is 22.7 Å². The maximum atomic E-state index is 12.6. The first-order valence-corrected chi connectivity index (χ1v) is 8.32.